The first kappa shape index (κ1) is 17.0. The van der Waals surface area contributed by atoms with Gasteiger partial charge in [0.1, 0.15) is 11.2 Å². The van der Waals surface area contributed by atoms with Crippen molar-refractivity contribution in [3.05, 3.63) is 41.5 Å². The summed E-state index contributed by atoms with van der Waals surface area (Å²) in [5.74, 6) is 3.20. The van der Waals surface area contributed by atoms with Crippen molar-refractivity contribution in [2.45, 2.75) is 39.5 Å². The zero-order valence-electron chi connectivity index (χ0n) is 16.5. The molecule has 0 spiro atoms. The number of aryl methyl sites for hydroxylation is 3. The van der Waals surface area contributed by atoms with Gasteiger partial charge in [0, 0.05) is 30.9 Å². The molecular formula is C21H22N6O. The summed E-state index contributed by atoms with van der Waals surface area (Å²) in [5.41, 5.74) is 5.66. The zero-order chi connectivity index (χ0) is 19.4. The summed E-state index contributed by atoms with van der Waals surface area (Å²) < 4.78 is 7.46. The highest BCUT2D eigenvalue weighted by molar-refractivity contribution is 5.77. The van der Waals surface area contributed by atoms with Crippen LogP contribution in [0.25, 0.3) is 34.1 Å². The maximum absolute atomic E-state index is 5.46. The van der Waals surface area contributed by atoms with Gasteiger partial charge in [-0.15, -0.1) is 0 Å². The Labute approximate surface area is 162 Å². The molecule has 2 unspecified atom stereocenters. The largest absolute Gasteiger partial charge is 0.339 e. The molecule has 0 radical (unpaired) electrons. The van der Waals surface area contributed by atoms with Crippen LogP contribution in [0.1, 0.15) is 43.2 Å². The second-order valence-corrected chi connectivity index (χ2v) is 7.71. The van der Waals surface area contributed by atoms with E-state index in [1.807, 2.05) is 30.8 Å². The molecule has 7 nitrogen and oxygen atoms in total. The highest BCUT2D eigenvalue weighted by atomic mass is 16.5. The van der Waals surface area contributed by atoms with Crippen molar-refractivity contribution in [1.29, 1.82) is 0 Å². The smallest absolute Gasteiger partial charge is 0.230 e. The number of hydrogen-bond acceptors (Lipinski definition) is 6. The lowest BCUT2D eigenvalue weighted by Crippen LogP contribution is -2.00. The molecule has 1 aliphatic rings. The average molecular weight is 374 g/mol. The number of aromatic nitrogens is 6. The molecule has 1 aliphatic carbocycles. The van der Waals surface area contributed by atoms with Gasteiger partial charge >= 0.3 is 0 Å². The average Bonchev–Trinajstić information content (AvgIpc) is 3.11. The third-order valence-electron chi connectivity index (χ3n) is 5.53. The van der Waals surface area contributed by atoms with Crippen molar-refractivity contribution in [3.8, 4) is 22.9 Å². The number of rotatable bonds is 4. The Morgan fingerprint density at radius 1 is 1.18 bits per heavy atom. The number of nitrogens with zero attached hydrogens (tertiary/aromatic N) is 6. The molecule has 4 aromatic rings. The van der Waals surface area contributed by atoms with E-state index in [1.54, 1.807) is 6.20 Å². The van der Waals surface area contributed by atoms with Crippen molar-refractivity contribution in [2.75, 3.05) is 0 Å². The van der Waals surface area contributed by atoms with Gasteiger partial charge in [-0.25, -0.2) is 9.97 Å². The second-order valence-electron chi connectivity index (χ2n) is 7.71. The third kappa shape index (κ3) is 2.69. The molecule has 0 N–H and O–H groups in total. The highest BCUT2D eigenvalue weighted by Gasteiger charge is 2.39. The van der Waals surface area contributed by atoms with Gasteiger partial charge in [0.15, 0.2) is 11.5 Å². The Hall–Kier alpha value is -3.09. The van der Waals surface area contributed by atoms with Gasteiger partial charge in [-0.05, 0) is 48.9 Å². The quantitative estimate of drug-likeness (QED) is 0.535. The number of hydrogen-bond donors (Lipinski definition) is 0. The second kappa shape index (κ2) is 6.22. The Bertz CT molecular complexity index is 1190. The minimum Gasteiger partial charge on any atom is -0.339 e. The van der Waals surface area contributed by atoms with Crippen molar-refractivity contribution in [3.63, 3.8) is 0 Å². The maximum atomic E-state index is 5.46. The van der Waals surface area contributed by atoms with E-state index in [9.17, 15) is 0 Å². The Morgan fingerprint density at radius 3 is 2.75 bits per heavy atom. The predicted octanol–water partition coefficient (Wildman–Crippen LogP) is 4.07. The van der Waals surface area contributed by atoms with E-state index in [0.717, 1.165) is 58.1 Å². The molecule has 0 amide bonds. The molecule has 1 saturated carbocycles. The van der Waals surface area contributed by atoms with Crippen LogP contribution in [-0.2, 0) is 13.5 Å². The lowest BCUT2D eigenvalue weighted by atomic mass is 10.1. The maximum Gasteiger partial charge on any atom is 0.230 e. The van der Waals surface area contributed by atoms with Crippen molar-refractivity contribution in [2.24, 2.45) is 13.0 Å². The molecule has 5 rings (SSSR count). The molecule has 1 fully saturated rings. The Balaban J connectivity index is 1.56. The van der Waals surface area contributed by atoms with Crippen molar-refractivity contribution in [1.82, 2.24) is 29.7 Å². The van der Waals surface area contributed by atoms with Gasteiger partial charge in [-0.2, -0.15) is 4.98 Å². The SMILES string of the molecule is CCc1cc(-c2noc(C3CC3C)n2)cnc1-c1nc2cc(C)cnc2n1C. The molecule has 4 aromatic heterocycles. The van der Waals surface area contributed by atoms with Gasteiger partial charge in [0.2, 0.25) is 11.7 Å². The highest BCUT2D eigenvalue weighted by Crippen LogP contribution is 2.46. The summed E-state index contributed by atoms with van der Waals surface area (Å²) in [4.78, 5) is 18.6. The number of pyridine rings is 2. The molecule has 28 heavy (non-hydrogen) atoms. The van der Waals surface area contributed by atoms with E-state index in [-0.39, 0.29) is 0 Å². The fraction of sp³-hybridized carbons (Fsp3) is 0.381. The number of imidazole rings is 1. The first-order chi connectivity index (χ1) is 13.5. The third-order valence-corrected chi connectivity index (χ3v) is 5.53. The minimum absolute atomic E-state index is 0.412. The molecular weight excluding hydrogens is 352 g/mol. The van der Waals surface area contributed by atoms with Crippen molar-refractivity contribution >= 4 is 11.2 Å². The van der Waals surface area contributed by atoms with Gasteiger partial charge in [-0.1, -0.05) is 19.0 Å². The Kier molecular flexibility index (Phi) is 3.79. The van der Waals surface area contributed by atoms with Gasteiger partial charge in [-0.3, -0.25) is 4.98 Å². The van der Waals surface area contributed by atoms with Crippen LogP contribution in [0.15, 0.2) is 29.0 Å². The first-order valence-electron chi connectivity index (χ1n) is 9.67. The molecule has 0 saturated heterocycles. The molecule has 142 valence electrons. The fourth-order valence-corrected chi connectivity index (χ4v) is 3.66. The van der Waals surface area contributed by atoms with Crippen molar-refractivity contribution < 1.29 is 4.52 Å². The van der Waals surface area contributed by atoms with E-state index in [2.05, 4.69) is 35.0 Å². The molecule has 0 bridgehead atoms. The van der Waals surface area contributed by atoms with Crippen LogP contribution < -0.4 is 0 Å². The standard InChI is InChI=1S/C21H22N6O/c1-5-13-8-14(18-25-21(28-26-18)15-7-12(15)3)10-22-17(13)20-24-16-6-11(2)9-23-19(16)27(20)4/h6,8-10,12,15H,5,7H2,1-4H3. The molecule has 0 aliphatic heterocycles. The molecule has 2 atom stereocenters. The van der Waals surface area contributed by atoms with Crippen LogP contribution in [0.2, 0.25) is 0 Å². The summed E-state index contributed by atoms with van der Waals surface area (Å²) in [6.07, 6.45) is 5.62. The minimum atomic E-state index is 0.412. The van der Waals surface area contributed by atoms with E-state index in [4.69, 9.17) is 14.5 Å². The first-order valence-corrected chi connectivity index (χ1v) is 9.67. The lowest BCUT2D eigenvalue weighted by Gasteiger charge is -2.08. The molecule has 4 heterocycles. The topological polar surface area (TPSA) is 82.5 Å². The zero-order valence-corrected chi connectivity index (χ0v) is 16.5. The predicted molar refractivity (Wildman–Crippen MR) is 106 cm³/mol. The van der Waals surface area contributed by atoms with E-state index in [1.165, 1.54) is 0 Å². The van der Waals surface area contributed by atoms with Crippen LogP contribution >= 0.6 is 0 Å². The van der Waals surface area contributed by atoms with Crippen LogP contribution in [0, 0.1) is 12.8 Å². The lowest BCUT2D eigenvalue weighted by molar-refractivity contribution is 0.377. The van der Waals surface area contributed by atoms with E-state index >= 15 is 0 Å². The van der Waals surface area contributed by atoms with Gasteiger partial charge in [0.05, 0.1) is 0 Å². The summed E-state index contributed by atoms with van der Waals surface area (Å²) in [6.45, 7) is 6.34. The van der Waals surface area contributed by atoms with Crippen LogP contribution in [0.5, 0.6) is 0 Å². The summed E-state index contributed by atoms with van der Waals surface area (Å²) in [6, 6.07) is 4.14. The van der Waals surface area contributed by atoms with E-state index in [0.29, 0.717) is 17.7 Å². The summed E-state index contributed by atoms with van der Waals surface area (Å²) >= 11 is 0. The van der Waals surface area contributed by atoms with Crippen LogP contribution in [-0.4, -0.2) is 29.7 Å². The fourth-order valence-electron chi connectivity index (χ4n) is 3.66. The number of fused-ring (bicyclic) bond motifs is 1. The summed E-state index contributed by atoms with van der Waals surface area (Å²) in [7, 11) is 1.98. The Morgan fingerprint density at radius 2 is 2.00 bits per heavy atom. The van der Waals surface area contributed by atoms with Gasteiger partial charge in [0.25, 0.3) is 0 Å². The monoisotopic (exact) mass is 374 g/mol. The van der Waals surface area contributed by atoms with Crippen LogP contribution in [0.3, 0.4) is 0 Å². The normalized spacial score (nSPS) is 18.7. The molecule has 7 heteroatoms. The summed E-state index contributed by atoms with van der Waals surface area (Å²) in [5, 5.41) is 4.17. The van der Waals surface area contributed by atoms with E-state index < -0.39 is 0 Å². The van der Waals surface area contributed by atoms with Crippen LogP contribution in [0.4, 0.5) is 0 Å². The molecule has 0 aromatic carbocycles. The van der Waals surface area contributed by atoms with Gasteiger partial charge < -0.3 is 9.09 Å².